The van der Waals surface area contributed by atoms with E-state index < -0.39 is 10.0 Å². The van der Waals surface area contributed by atoms with E-state index in [1.54, 1.807) is 28.3 Å². The van der Waals surface area contributed by atoms with E-state index in [-0.39, 0.29) is 11.0 Å². The molecule has 0 saturated carbocycles. The number of pyridine rings is 1. The van der Waals surface area contributed by atoms with Gasteiger partial charge in [0.2, 0.25) is 10.0 Å². The molecule has 2 aliphatic heterocycles. The molecule has 9 heteroatoms. The summed E-state index contributed by atoms with van der Waals surface area (Å²) in [4.78, 5) is 20.1. The third-order valence-electron chi connectivity index (χ3n) is 4.80. The van der Waals surface area contributed by atoms with Crippen molar-refractivity contribution in [3.8, 4) is 0 Å². The predicted molar refractivity (Wildman–Crippen MR) is 97.7 cm³/mol. The second-order valence-corrected chi connectivity index (χ2v) is 8.43. The number of anilines is 1. The Hall–Kier alpha value is -1.87. The molecular weight excluding hydrogens is 356 g/mol. The number of rotatable bonds is 4. The van der Waals surface area contributed by atoms with E-state index in [1.165, 1.54) is 6.20 Å². The molecule has 0 N–H and O–H groups in total. The quantitative estimate of drug-likeness (QED) is 0.785. The second-order valence-electron chi connectivity index (χ2n) is 6.49. The van der Waals surface area contributed by atoms with Gasteiger partial charge in [0, 0.05) is 45.5 Å². The van der Waals surface area contributed by atoms with Crippen LogP contribution in [-0.4, -0.2) is 74.6 Å². The number of carbonyl (C=O) groups excluding carboxylic acids is 1. The zero-order chi connectivity index (χ0) is 18.6. The average molecular weight is 382 g/mol. The Morgan fingerprint density at radius 1 is 1.08 bits per heavy atom. The summed E-state index contributed by atoms with van der Waals surface area (Å²) in [6, 6.07) is 3.38. The van der Waals surface area contributed by atoms with Crippen molar-refractivity contribution in [3.05, 3.63) is 18.3 Å². The number of piperazine rings is 1. The first kappa shape index (κ1) is 18.9. The van der Waals surface area contributed by atoms with Crippen molar-refractivity contribution < 1.29 is 17.9 Å². The summed E-state index contributed by atoms with van der Waals surface area (Å²) in [5.74, 6) is 0.728. The number of hydrogen-bond donors (Lipinski definition) is 0. The van der Waals surface area contributed by atoms with Crippen LogP contribution in [-0.2, 0) is 14.8 Å². The maximum atomic E-state index is 12.7. The smallest absolute Gasteiger partial charge is 0.409 e. The van der Waals surface area contributed by atoms with E-state index in [0.717, 1.165) is 25.1 Å². The number of amides is 1. The van der Waals surface area contributed by atoms with Crippen molar-refractivity contribution >= 4 is 21.9 Å². The van der Waals surface area contributed by atoms with Crippen molar-refractivity contribution in [2.24, 2.45) is 0 Å². The molecule has 2 aliphatic rings. The van der Waals surface area contributed by atoms with Crippen LogP contribution in [0.25, 0.3) is 0 Å². The van der Waals surface area contributed by atoms with Gasteiger partial charge in [0.05, 0.1) is 6.61 Å². The van der Waals surface area contributed by atoms with Gasteiger partial charge in [0.15, 0.2) is 0 Å². The van der Waals surface area contributed by atoms with E-state index in [2.05, 4.69) is 4.98 Å². The minimum absolute atomic E-state index is 0.244. The van der Waals surface area contributed by atoms with Gasteiger partial charge in [-0.05, 0) is 31.9 Å². The third kappa shape index (κ3) is 4.09. The molecule has 0 spiro atoms. The van der Waals surface area contributed by atoms with Crippen LogP contribution in [0.3, 0.4) is 0 Å². The molecule has 144 valence electrons. The molecule has 0 aromatic carbocycles. The average Bonchev–Trinajstić information content (AvgIpc) is 2.69. The molecule has 0 radical (unpaired) electrons. The van der Waals surface area contributed by atoms with Gasteiger partial charge in [-0.25, -0.2) is 18.2 Å². The molecule has 1 aromatic heterocycles. The van der Waals surface area contributed by atoms with E-state index >= 15 is 0 Å². The lowest BCUT2D eigenvalue weighted by Gasteiger charge is -2.34. The van der Waals surface area contributed by atoms with Gasteiger partial charge in [-0.3, -0.25) is 0 Å². The molecule has 26 heavy (non-hydrogen) atoms. The van der Waals surface area contributed by atoms with Gasteiger partial charge in [0.25, 0.3) is 0 Å². The first-order valence-corrected chi connectivity index (χ1v) is 10.6. The van der Waals surface area contributed by atoms with Crippen LogP contribution in [0.2, 0.25) is 0 Å². The van der Waals surface area contributed by atoms with Crippen molar-refractivity contribution in [2.75, 3.05) is 50.8 Å². The predicted octanol–water partition coefficient (Wildman–Crippen LogP) is 1.53. The van der Waals surface area contributed by atoms with Crippen LogP contribution < -0.4 is 4.90 Å². The fraction of sp³-hybridized carbons (Fsp3) is 0.647. The Balaban J connectivity index is 1.62. The number of hydrogen-bond acceptors (Lipinski definition) is 6. The summed E-state index contributed by atoms with van der Waals surface area (Å²) in [5.41, 5.74) is 0. The van der Waals surface area contributed by atoms with Crippen LogP contribution in [0.15, 0.2) is 23.2 Å². The van der Waals surface area contributed by atoms with Gasteiger partial charge in [-0.2, -0.15) is 4.31 Å². The summed E-state index contributed by atoms with van der Waals surface area (Å²) < 4.78 is 31.9. The Kier molecular flexibility index (Phi) is 5.98. The maximum absolute atomic E-state index is 12.7. The van der Waals surface area contributed by atoms with Crippen LogP contribution in [0.4, 0.5) is 10.6 Å². The van der Waals surface area contributed by atoms with Gasteiger partial charge in [-0.15, -0.1) is 0 Å². The van der Waals surface area contributed by atoms with E-state index in [1.807, 2.05) is 4.90 Å². The molecule has 0 aliphatic carbocycles. The number of aromatic nitrogens is 1. The summed E-state index contributed by atoms with van der Waals surface area (Å²) in [6.45, 7) is 5.74. The van der Waals surface area contributed by atoms with Gasteiger partial charge in [0.1, 0.15) is 10.7 Å². The van der Waals surface area contributed by atoms with Crippen LogP contribution in [0, 0.1) is 0 Å². The van der Waals surface area contributed by atoms with Crippen LogP contribution >= 0.6 is 0 Å². The number of carbonyl (C=O) groups is 1. The highest BCUT2D eigenvalue weighted by molar-refractivity contribution is 7.89. The highest BCUT2D eigenvalue weighted by Crippen LogP contribution is 2.22. The largest absolute Gasteiger partial charge is 0.450 e. The lowest BCUT2D eigenvalue weighted by Crippen LogP contribution is -2.49. The third-order valence-corrected chi connectivity index (χ3v) is 6.69. The second kappa shape index (κ2) is 8.22. The molecule has 0 bridgehead atoms. The normalized spacial score (nSPS) is 19.4. The maximum Gasteiger partial charge on any atom is 0.409 e. The fourth-order valence-electron chi connectivity index (χ4n) is 3.30. The lowest BCUT2D eigenvalue weighted by atomic mass is 10.2. The molecule has 0 atom stereocenters. The topological polar surface area (TPSA) is 83.0 Å². The monoisotopic (exact) mass is 382 g/mol. The van der Waals surface area contributed by atoms with Gasteiger partial charge < -0.3 is 14.5 Å². The van der Waals surface area contributed by atoms with Crippen molar-refractivity contribution in [1.82, 2.24) is 14.2 Å². The number of ether oxygens (including phenoxy) is 1. The summed E-state index contributed by atoms with van der Waals surface area (Å²) in [6.07, 6.45) is 4.06. The highest BCUT2D eigenvalue weighted by atomic mass is 32.2. The molecule has 2 saturated heterocycles. The number of piperidine rings is 1. The summed E-state index contributed by atoms with van der Waals surface area (Å²) >= 11 is 0. The van der Waals surface area contributed by atoms with E-state index in [4.69, 9.17) is 4.74 Å². The lowest BCUT2D eigenvalue weighted by molar-refractivity contribution is 0.105. The highest BCUT2D eigenvalue weighted by Gasteiger charge is 2.27. The first-order valence-electron chi connectivity index (χ1n) is 9.15. The van der Waals surface area contributed by atoms with E-state index in [9.17, 15) is 13.2 Å². The van der Waals surface area contributed by atoms with Crippen LogP contribution in [0.5, 0.6) is 0 Å². The molecule has 8 nitrogen and oxygen atoms in total. The fourth-order valence-corrected chi connectivity index (χ4v) is 4.76. The number of nitrogens with zero attached hydrogens (tertiary/aromatic N) is 4. The van der Waals surface area contributed by atoms with Crippen LogP contribution in [0.1, 0.15) is 26.2 Å². The van der Waals surface area contributed by atoms with Crippen molar-refractivity contribution in [2.45, 2.75) is 31.1 Å². The zero-order valence-corrected chi connectivity index (χ0v) is 15.9. The van der Waals surface area contributed by atoms with E-state index in [0.29, 0.717) is 45.9 Å². The standard InChI is InChI=1S/C17H26N4O4S/c1-2-25-17(22)20-12-10-19(11-13-20)16-7-6-15(14-18-16)26(23,24)21-8-4-3-5-9-21/h6-7,14H,2-5,8-13H2,1H3. The van der Waals surface area contributed by atoms with Gasteiger partial charge >= 0.3 is 6.09 Å². The molecule has 3 heterocycles. The number of sulfonamides is 1. The molecule has 2 fully saturated rings. The zero-order valence-electron chi connectivity index (χ0n) is 15.1. The summed E-state index contributed by atoms with van der Waals surface area (Å²) in [5, 5.41) is 0. The minimum atomic E-state index is -3.45. The van der Waals surface area contributed by atoms with Crippen molar-refractivity contribution in [1.29, 1.82) is 0 Å². The molecular formula is C17H26N4O4S. The SMILES string of the molecule is CCOC(=O)N1CCN(c2ccc(S(=O)(=O)N3CCCCC3)cn2)CC1. The molecule has 1 aromatic rings. The Labute approximate surface area is 154 Å². The van der Waals surface area contributed by atoms with Crippen molar-refractivity contribution in [3.63, 3.8) is 0 Å². The van der Waals surface area contributed by atoms with Gasteiger partial charge in [-0.1, -0.05) is 6.42 Å². The molecule has 1 amide bonds. The Morgan fingerprint density at radius 2 is 1.77 bits per heavy atom. The Morgan fingerprint density at radius 3 is 2.35 bits per heavy atom. The minimum Gasteiger partial charge on any atom is -0.450 e. The Bertz CT molecular complexity index is 709. The molecule has 0 unspecified atom stereocenters. The summed E-state index contributed by atoms with van der Waals surface area (Å²) in [7, 11) is -3.45. The first-order chi connectivity index (χ1) is 12.5. The molecule has 3 rings (SSSR count).